The van der Waals surface area contributed by atoms with Crippen LogP contribution in [0.2, 0.25) is 0 Å². The highest BCUT2D eigenvalue weighted by molar-refractivity contribution is 5.79. The molecule has 0 aliphatic carbocycles. The van der Waals surface area contributed by atoms with Crippen LogP contribution in [0.25, 0.3) is 0 Å². The zero-order valence-electron chi connectivity index (χ0n) is 11.2. The zero-order chi connectivity index (χ0) is 15.3. The van der Waals surface area contributed by atoms with Crippen molar-refractivity contribution in [2.45, 2.75) is 25.8 Å². The van der Waals surface area contributed by atoms with E-state index >= 15 is 0 Å². The highest BCUT2D eigenvalue weighted by Gasteiger charge is 2.47. The van der Waals surface area contributed by atoms with Gasteiger partial charge in [0.15, 0.2) is 11.5 Å². The number of phenolic OH excluding ortho intramolecular Hbond substituents is 1. The quantitative estimate of drug-likeness (QED) is 0.783. The van der Waals surface area contributed by atoms with E-state index in [4.69, 9.17) is 10.5 Å². The molecule has 0 unspecified atom stereocenters. The Morgan fingerprint density at radius 3 is 2.60 bits per heavy atom. The van der Waals surface area contributed by atoms with Crippen LogP contribution in [-0.4, -0.2) is 30.2 Å². The van der Waals surface area contributed by atoms with Crippen molar-refractivity contribution in [3.63, 3.8) is 0 Å². The molecule has 1 aromatic rings. The van der Waals surface area contributed by atoms with Crippen LogP contribution in [0.3, 0.4) is 0 Å². The van der Waals surface area contributed by atoms with Gasteiger partial charge in [-0.25, -0.2) is 4.79 Å². The number of alkyl halides is 2. The minimum absolute atomic E-state index is 0.0279. The molecule has 7 heteroatoms. The standard InChI is InChI=1S/C13H17F2NO4/c1-3-19-10-7-8(5-6-9(10)17)11(16)13(14,15)12(18)20-4-2/h5-7,11,17H,3-4,16H2,1-2H3/t11-/m1/s1. The minimum Gasteiger partial charge on any atom is -0.504 e. The summed E-state index contributed by atoms with van der Waals surface area (Å²) in [6.07, 6.45) is 0. The number of carbonyl (C=O) groups excluding carboxylic acids is 1. The first-order valence-corrected chi connectivity index (χ1v) is 6.10. The Morgan fingerprint density at radius 2 is 2.05 bits per heavy atom. The molecule has 1 aromatic carbocycles. The normalized spacial score (nSPS) is 12.8. The summed E-state index contributed by atoms with van der Waals surface area (Å²) in [5, 5.41) is 9.50. The monoisotopic (exact) mass is 289 g/mol. The van der Waals surface area contributed by atoms with Gasteiger partial charge in [-0.2, -0.15) is 8.78 Å². The lowest BCUT2D eigenvalue weighted by Gasteiger charge is -2.22. The molecule has 112 valence electrons. The largest absolute Gasteiger partial charge is 0.504 e. The van der Waals surface area contributed by atoms with E-state index in [1.807, 2.05) is 0 Å². The predicted octanol–water partition coefficient (Wildman–Crippen LogP) is 1.99. The molecule has 5 nitrogen and oxygen atoms in total. The number of aromatic hydroxyl groups is 1. The van der Waals surface area contributed by atoms with Crippen molar-refractivity contribution < 1.29 is 28.2 Å². The van der Waals surface area contributed by atoms with Crippen molar-refractivity contribution >= 4 is 5.97 Å². The van der Waals surface area contributed by atoms with Gasteiger partial charge in [0.1, 0.15) is 6.04 Å². The molecule has 0 bridgehead atoms. The first-order valence-electron chi connectivity index (χ1n) is 6.10. The fourth-order valence-electron chi connectivity index (χ4n) is 1.56. The second-order valence-corrected chi connectivity index (χ2v) is 3.98. The van der Waals surface area contributed by atoms with E-state index in [-0.39, 0.29) is 30.3 Å². The molecule has 0 heterocycles. The molecule has 0 aliphatic rings. The number of phenols is 1. The molecule has 0 aliphatic heterocycles. The number of halogens is 2. The van der Waals surface area contributed by atoms with Crippen LogP contribution in [0.4, 0.5) is 8.78 Å². The Morgan fingerprint density at radius 1 is 1.40 bits per heavy atom. The van der Waals surface area contributed by atoms with Gasteiger partial charge >= 0.3 is 11.9 Å². The number of esters is 1. The summed E-state index contributed by atoms with van der Waals surface area (Å²) >= 11 is 0. The third-order valence-electron chi connectivity index (χ3n) is 2.58. The molecule has 0 fully saturated rings. The van der Waals surface area contributed by atoms with Crippen molar-refractivity contribution in [2.24, 2.45) is 5.73 Å². The zero-order valence-corrected chi connectivity index (χ0v) is 11.2. The maximum absolute atomic E-state index is 13.8. The Balaban J connectivity index is 3.04. The summed E-state index contributed by atoms with van der Waals surface area (Å²) in [6, 6.07) is 1.68. The molecule has 20 heavy (non-hydrogen) atoms. The Hall–Kier alpha value is -1.89. The van der Waals surface area contributed by atoms with Gasteiger partial charge < -0.3 is 20.3 Å². The smallest absolute Gasteiger partial charge is 0.379 e. The fourth-order valence-corrected chi connectivity index (χ4v) is 1.56. The molecular weight excluding hydrogens is 272 g/mol. The highest BCUT2D eigenvalue weighted by atomic mass is 19.3. The van der Waals surface area contributed by atoms with E-state index in [1.54, 1.807) is 6.92 Å². The van der Waals surface area contributed by atoms with Crippen LogP contribution >= 0.6 is 0 Å². The van der Waals surface area contributed by atoms with E-state index in [2.05, 4.69) is 4.74 Å². The summed E-state index contributed by atoms with van der Waals surface area (Å²) in [7, 11) is 0. The maximum atomic E-state index is 13.8. The van der Waals surface area contributed by atoms with Crippen LogP contribution < -0.4 is 10.5 Å². The molecule has 1 rings (SSSR count). The number of ether oxygens (including phenoxy) is 2. The maximum Gasteiger partial charge on any atom is 0.379 e. The van der Waals surface area contributed by atoms with Crippen molar-refractivity contribution in [1.29, 1.82) is 0 Å². The third-order valence-corrected chi connectivity index (χ3v) is 2.58. The Kier molecular flexibility index (Phi) is 5.26. The minimum atomic E-state index is -3.86. The van der Waals surface area contributed by atoms with Crippen molar-refractivity contribution in [3.8, 4) is 11.5 Å². The van der Waals surface area contributed by atoms with E-state index in [0.717, 1.165) is 0 Å². The predicted molar refractivity (Wildman–Crippen MR) is 67.8 cm³/mol. The molecule has 0 saturated carbocycles. The molecule has 0 radical (unpaired) electrons. The van der Waals surface area contributed by atoms with Crippen LogP contribution in [0.5, 0.6) is 11.5 Å². The third kappa shape index (κ3) is 3.36. The lowest BCUT2D eigenvalue weighted by molar-refractivity contribution is -0.174. The van der Waals surface area contributed by atoms with Crippen molar-refractivity contribution in [1.82, 2.24) is 0 Å². The average molecular weight is 289 g/mol. The van der Waals surface area contributed by atoms with Gasteiger partial charge in [-0.15, -0.1) is 0 Å². The molecule has 0 saturated heterocycles. The lowest BCUT2D eigenvalue weighted by Crippen LogP contribution is -2.41. The van der Waals surface area contributed by atoms with Gasteiger partial charge in [0.05, 0.1) is 13.2 Å². The molecule has 0 spiro atoms. The van der Waals surface area contributed by atoms with Crippen molar-refractivity contribution in [2.75, 3.05) is 13.2 Å². The van der Waals surface area contributed by atoms with Gasteiger partial charge in [0, 0.05) is 0 Å². The summed E-state index contributed by atoms with van der Waals surface area (Å²) in [5.74, 6) is -5.71. The number of hydrogen-bond donors (Lipinski definition) is 2. The second kappa shape index (κ2) is 6.51. The summed E-state index contributed by atoms with van der Waals surface area (Å²) in [4.78, 5) is 11.2. The first-order chi connectivity index (χ1) is 9.34. The van der Waals surface area contributed by atoms with Crippen LogP contribution in [0.1, 0.15) is 25.5 Å². The molecule has 3 N–H and O–H groups in total. The SMILES string of the molecule is CCOC(=O)C(F)(F)[C@H](N)c1ccc(O)c(OCC)c1. The number of nitrogens with two attached hydrogens (primary N) is 1. The van der Waals surface area contributed by atoms with Crippen LogP contribution in [0.15, 0.2) is 18.2 Å². The topological polar surface area (TPSA) is 81.8 Å². The summed E-state index contributed by atoms with van der Waals surface area (Å²) in [5.41, 5.74) is 5.39. The lowest BCUT2D eigenvalue weighted by atomic mass is 10.0. The van der Waals surface area contributed by atoms with Gasteiger partial charge in [-0.1, -0.05) is 6.07 Å². The van der Waals surface area contributed by atoms with Gasteiger partial charge in [0.2, 0.25) is 0 Å². The number of hydrogen-bond acceptors (Lipinski definition) is 5. The molecule has 0 aromatic heterocycles. The Labute approximate surface area is 115 Å². The highest BCUT2D eigenvalue weighted by Crippen LogP contribution is 2.35. The van der Waals surface area contributed by atoms with Gasteiger partial charge in [-0.3, -0.25) is 0 Å². The number of benzene rings is 1. The van der Waals surface area contributed by atoms with Gasteiger partial charge in [-0.05, 0) is 31.5 Å². The van der Waals surface area contributed by atoms with E-state index in [1.165, 1.54) is 25.1 Å². The van der Waals surface area contributed by atoms with E-state index < -0.39 is 17.9 Å². The van der Waals surface area contributed by atoms with E-state index in [9.17, 15) is 18.7 Å². The second-order valence-electron chi connectivity index (χ2n) is 3.98. The number of carbonyl (C=O) groups is 1. The Bertz CT molecular complexity index is 479. The fraction of sp³-hybridized carbons (Fsp3) is 0.462. The van der Waals surface area contributed by atoms with Gasteiger partial charge in [0.25, 0.3) is 0 Å². The van der Waals surface area contributed by atoms with Crippen molar-refractivity contribution in [3.05, 3.63) is 23.8 Å². The molecular formula is C13H17F2NO4. The molecule has 0 amide bonds. The summed E-state index contributed by atoms with van der Waals surface area (Å²) < 4.78 is 37.0. The van der Waals surface area contributed by atoms with E-state index in [0.29, 0.717) is 0 Å². The number of rotatable bonds is 6. The molecule has 1 atom stereocenters. The average Bonchev–Trinajstić information content (AvgIpc) is 2.41. The summed E-state index contributed by atoms with van der Waals surface area (Å²) in [6.45, 7) is 3.19. The van der Waals surface area contributed by atoms with Crippen LogP contribution in [0, 0.1) is 0 Å². The van der Waals surface area contributed by atoms with Crippen LogP contribution in [-0.2, 0) is 9.53 Å². The first kappa shape index (κ1) is 16.2.